The van der Waals surface area contributed by atoms with E-state index in [0.717, 1.165) is 11.3 Å². The largest absolute Gasteiger partial charge is 0.352 e. The second kappa shape index (κ2) is 6.96. The molecule has 1 fully saturated rings. The van der Waals surface area contributed by atoms with E-state index in [1.807, 2.05) is 19.9 Å². The molecule has 1 saturated heterocycles. The topological polar surface area (TPSA) is 66.5 Å². The Labute approximate surface area is 134 Å². The molecule has 2 amide bonds. The predicted molar refractivity (Wildman–Crippen MR) is 88.2 cm³/mol. The molecule has 0 aliphatic carbocycles. The van der Waals surface area contributed by atoms with E-state index in [1.54, 1.807) is 17.0 Å². The van der Waals surface area contributed by atoms with Gasteiger partial charge in [0.1, 0.15) is 0 Å². The third kappa shape index (κ3) is 3.68. The Bertz CT molecular complexity index is 615. The van der Waals surface area contributed by atoms with Gasteiger partial charge in [-0.05, 0) is 31.5 Å². The van der Waals surface area contributed by atoms with Gasteiger partial charge in [-0.15, -0.1) is 0 Å². The molecule has 2 rings (SSSR count). The fourth-order valence-corrected chi connectivity index (χ4v) is 3.44. The number of rotatable bonds is 4. The molecule has 0 bridgehead atoms. The Balaban J connectivity index is 2.24. The lowest BCUT2D eigenvalue weighted by Crippen LogP contribution is -2.27. The molecule has 1 unspecified atom stereocenters. The van der Waals surface area contributed by atoms with E-state index in [1.165, 1.54) is 18.7 Å². The maximum atomic E-state index is 12.2. The molecule has 1 atom stereocenters. The number of hydrogen-bond donors (Lipinski definition) is 1. The van der Waals surface area contributed by atoms with Crippen molar-refractivity contribution in [1.82, 2.24) is 5.32 Å². The number of hydrogen-bond acceptors (Lipinski definition) is 4. The maximum Gasteiger partial charge on any atom is 0.251 e. The highest BCUT2D eigenvalue weighted by molar-refractivity contribution is 8.14. The Hall–Kier alpha value is -1.82. The van der Waals surface area contributed by atoms with Crippen LogP contribution in [-0.2, 0) is 9.59 Å². The monoisotopic (exact) mass is 320 g/mol. The summed E-state index contributed by atoms with van der Waals surface area (Å²) in [4.78, 5) is 37.1. The molecule has 1 N–H and O–H groups in total. The number of nitrogens with zero attached hydrogens (tertiary/aromatic N) is 1. The van der Waals surface area contributed by atoms with Crippen LogP contribution in [0.4, 0.5) is 5.69 Å². The first-order valence-electron chi connectivity index (χ1n) is 7.28. The molecule has 0 saturated carbocycles. The van der Waals surface area contributed by atoms with Gasteiger partial charge in [-0.2, -0.15) is 0 Å². The van der Waals surface area contributed by atoms with Crippen LogP contribution in [0.15, 0.2) is 18.2 Å². The fraction of sp³-hybridized carbons (Fsp3) is 0.438. The zero-order chi connectivity index (χ0) is 16.3. The van der Waals surface area contributed by atoms with E-state index < -0.39 is 0 Å². The summed E-state index contributed by atoms with van der Waals surface area (Å²) in [7, 11) is 0. The molecule has 1 heterocycles. The van der Waals surface area contributed by atoms with Gasteiger partial charge >= 0.3 is 0 Å². The van der Waals surface area contributed by atoms with Crippen LogP contribution in [0.25, 0.3) is 0 Å². The Morgan fingerprint density at radius 3 is 2.77 bits per heavy atom. The average Bonchev–Trinajstić information content (AvgIpc) is 2.79. The molecule has 6 heteroatoms. The Morgan fingerprint density at radius 1 is 1.41 bits per heavy atom. The van der Waals surface area contributed by atoms with Crippen molar-refractivity contribution >= 4 is 34.4 Å². The van der Waals surface area contributed by atoms with E-state index in [-0.39, 0.29) is 22.2 Å². The van der Waals surface area contributed by atoms with Crippen molar-refractivity contribution < 1.29 is 14.4 Å². The summed E-state index contributed by atoms with van der Waals surface area (Å²) in [6, 6.07) is 5.35. The minimum absolute atomic E-state index is 0.00472. The van der Waals surface area contributed by atoms with Crippen LogP contribution in [0.1, 0.15) is 36.2 Å². The average molecular weight is 320 g/mol. The van der Waals surface area contributed by atoms with E-state index in [9.17, 15) is 14.4 Å². The number of aryl methyl sites for hydroxylation is 1. The third-order valence-electron chi connectivity index (χ3n) is 3.52. The second-order valence-corrected chi connectivity index (χ2v) is 6.78. The number of nitrogens with one attached hydrogen (secondary N) is 1. The van der Waals surface area contributed by atoms with Crippen LogP contribution in [-0.4, -0.2) is 35.3 Å². The van der Waals surface area contributed by atoms with Gasteiger partial charge in [0, 0.05) is 42.9 Å². The van der Waals surface area contributed by atoms with Crippen LogP contribution in [0.5, 0.6) is 0 Å². The molecule has 1 aliphatic heterocycles. The Morgan fingerprint density at radius 2 is 2.14 bits per heavy atom. The van der Waals surface area contributed by atoms with Gasteiger partial charge in [0.15, 0.2) is 5.12 Å². The normalized spacial score (nSPS) is 17.7. The number of carbonyl (C=O) groups is 3. The van der Waals surface area contributed by atoms with E-state index in [2.05, 4.69) is 5.32 Å². The van der Waals surface area contributed by atoms with Gasteiger partial charge in [0.05, 0.1) is 0 Å². The van der Waals surface area contributed by atoms with Gasteiger partial charge in [-0.25, -0.2) is 0 Å². The lowest BCUT2D eigenvalue weighted by Gasteiger charge is -2.20. The number of amides is 2. The van der Waals surface area contributed by atoms with Gasteiger partial charge in [-0.3, -0.25) is 14.4 Å². The smallest absolute Gasteiger partial charge is 0.251 e. The molecule has 22 heavy (non-hydrogen) atoms. The van der Waals surface area contributed by atoms with Gasteiger partial charge in [0.25, 0.3) is 5.91 Å². The SMILES string of the molecule is CCNC(=O)c1ccc(C)c(N2CC(SC(C)=O)CC2=O)c1. The van der Waals surface area contributed by atoms with Crippen LogP contribution in [0.2, 0.25) is 0 Å². The van der Waals surface area contributed by atoms with E-state index >= 15 is 0 Å². The zero-order valence-corrected chi connectivity index (χ0v) is 13.8. The van der Waals surface area contributed by atoms with Crippen molar-refractivity contribution in [2.75, 3.05) is 18.0 Å². The molecular weight excluding hydrogens is 300 g/mol. The summed E-state index contributed by atoms with van der Waals surface area (Å²) in [5, 5.41) is 2.76. The summed E-state index contributed by atoms with van der Waals surface area (Å²) in [6.45, 7) is 6.35. The Kier molecular flexibility index (Phi) is 5.24. The zero-order valence-electron chi connectivity index (χ0n) is 13.0. The number of thioether (sulfide) groups is 1. The van der Waals surface area contributed by atoms with Crippen molar-refractivity contribution in [2.45, 2.75) is 32.4 Å². The predicted octanol–water partition coefficient (Wildman–Crippen LogP) is 2.13. The first-order chi connectivity index (χ1) is 10.4. The number of benzene rings is 1. The third-order valence-corrected chi connectivity index (χ3v) is 4.50. The van der Waals surface area contributed by atoms with E-state index in [0.29, 0.717) is 25.1 Å². The molecule has 0 radical (unpaired) electrons. The minimum Gasteiger partial charge on any atom is -0.352 e. The lowest BCUT2D eigenvalue weighted by molar-refractivity contribution is -0.117. The molecule has 1 aromatic rings. The van der Waals surface area contributed by atoms with Gasteiger partial charge in [0.2, 0.25) is 5.91 Å². The highest BCUT2D eigenvalue weighted by Gasteiger charge is 2.32. The minimum atomic E-state index is -0.148. The second-order valence-electron chi connectivity index (χ2n) is 5.30. The van der Waals surface area contributed by atoms with Crippen molar-refractivity contribution in [3.8, 4) is 0 Å². The summed E-state index contributed by atoms with van der Waals surface area (Å²) in [5.74, 6) is -0.153. The molecule has 118 valence electrons. The van der Waals surface area contributed by atoms with Crippen LogP contribution in [0.3, 0.4) is 0 Å². The van der Waals surface area contributed by atoms with Crippen molar-refractivity contribution in [3.05, 3.63) is 29.3 Å². The quantitative estimate of drug-likeness (QED) is 0.923. The summed E-state index contributed by atoms with van der Waals surface area (Å²) in [5.41, 5.74) is 2.23. The van der Waals surface area contributed by atoms with Crippen LogP contribution in [0, 0.1) is 6.92 Å². The standard InChI is InChI=1S/C16H20N2O3S/c1-4-17-16(21)12-6-5-10(2)14(7-12)18-9-13(8-15(18)20)22-11(3)19/h5-7,13H,4,8-9H2,1-3H3,(H,17,21). The van der Waals surface area contributed by atoms with Crippen molar-refractivity contribution in [1.29, 1.82) is 0 Å². The summed E-state index contributed by atoms with van der Waals surface area (Å²) < 4.78 is 0. The highest BCUT2D eigenvalue weighted by Crippen LogP contribution is 2.31. The first-order valence-corrected chi connectivity index (χ1v) is 8.16. The maximum absolute atomic E-state index is 12.2. The molecule has 5 nitrogen and oxygen atoms in total. The van der Waals surface area contributed by atoms with Crippen molar-refractivity contribution in [2.24, 2.45) is 0 Å². The van der Waals surface area contributed by atoms with Gasteiger partial charge in [-0.1, -0.05) is 17.8 Å². The molecule has 0 spiro atoms. The van der Waals surface area contributed by atoms with Gasteiger partial charge < -0.3 is 10.2 Å². The number of anilines is 1. The van der Waals surface area contributed by atoms with Crippen LogP contribution < -0.4 is 10.2 Å². The lowest BCUT2D eigenvalue weighted by atomic mass is 10.1. The summed E-state index contributed by atoms with van der Waals surface area (Å²) in [6.07, 6.45) is 0.356. The van der Waals surface area contributed by atoms with Crippen LogP contribution >= 0.6 is 11.8 Å². The first kappa shape index (κ1) is 16.5. The molecule has 1 aliphatic rings. The highest BCUT2D eigenvalue weighted by atomic mass is 32.2. The summed E-state index contributed by atoms with van der Waals surface area (Å²) >= 11 is 1.21. The van der Waals surface area contributed by atoms with E-state index in [4.69, 9.17) is 0 Å². The molecule has 0 aromatic heterocycles. The molecule has 1 aromatic carbocycles. The number of carbonyl (C=O) groups excluding carboxylic acids is 3. The molecular formula is C16H20N2O3S. The van der Waals surface area contributed by atoms with Crippen molar-refractivity contribution in [3.63, 3.8) is 0 Å². The fourth-order valence-electron chi connectivity index (χ4n) is 2.53.